The fraction of sp³-hybridized carbons (Fsp3) is 0.500. The Morgan fingerprint density at radius 2 is 2.00 bits per heavy atom. The predicted molar refractivity (Wildman–Crippen MR) is 65.7 cm³/mol. The molecular weight excluding hydrogens is 238 g/mol. The van der Waals surface area contributed by atoms with Crippen molar-refractivity contribution in [2.75, 3.05) is 12.8 Å². The average molecular weight is 255 g/mol. The third-order valence-corrected chi connectivity index (χ3v) is 4.20. The first-order valence-corrected chi connectivity index (χ1v) is 7.55. The summed E-state index contributed by atoms with van der Waals surface area (Å²) < 4.78 is 28.8. The number of ether oxygens (including phenoxy) is 1. The van der Waals surface area contributed by atoms with Crippen molar-refractivity contribution in [2.24, 2.45) is 11.7 Å². The van der Waals surface area contributed by atoms with E-state index in [9.17, 15) is 8.42 Å². The zero-order valence-electron chi connectivity index (χ0n) is 9.80. The van der Waals surface area contributed by atoms with Crippen LogP contribution in [0.25, 0.3) is 0 Å². The maximum Gasteiger partial charge on any atom is 0.179 e. The highest BCUT2D eigenvalue weighted by atomic mass is 32.2. The lowest BCUT2D eigenvalue weighted by Crippen LogP contribution is -2.37. The molecular formula is C12H17NO3S. The number of para-hydroxylation sites is 1. The first-order valence-electron chi connectivity index (χ1n) is 5.66. The van der Waals surface area contributed by atoms with E-state index in [0.717, 1.165) is 12.8 Å². The van der Waals surface area contributed by atoms with Crippen LogP contribution in [-0.4, -0.2) is 27.3 Å². The molecule has 1 aliphatic carbocycles. The van der Waals surface area contributed by atoms with Crippen LogP contribution in [0.15, 0.2) is 29.2 Å². The molecule has 1 aromatic rings. The lowest BCUT2D eigenvalue weighted by molar-refractivity contribution is 0.0664. The van der Waals surface area contributed by atoms with Crippen LogP contribution in [0.1, 0.15) is 12.8 Å². The van der Waals surface area contributed by atoms with Gasteiger partial charge in [-0.25, -0.2) is 8.42 Å². The summed E-state index contributed by atoms with van der Waals surface area (Å²) in [4.78, 5) is 0.260. The summed E-state index contributed by atoms with van der Waals surface area (Å²) in [6.07, 6.45) is 3.12. The summed E-state index contributed by atoms with van der Waals surface area (Å²) in [5, 5.41) is 0. The van der Waals surface area contributed by atoms with Gasteiger partial charge < -0.3 is 10.5 Å². The van der Waals surface area contributed by atoms with Gasteiger partial charge in [-0.3, -0.25) is 0 Å². The number of benzene rings is 1. The minimum atomic E-state index is -3.23. The quantitative estimate of drug-likeness (QED) is 0.878. The molecule has 17 heavy (non-hydrogen) atoms. The summed E-state index contributed by atoms with van der Waals surface area (Å²) in [5.41, 5.74) is 5.54. The van der Waals surface area contributed by atoms with Crippen LogP contribution in [0, 0.1) is 5.92 Å². The first kappa shape index (κ1) is 12.4. The monoisotopic (exact) mass is 255 g/mol. The van der Waals surface area contributed by atoms with E-state index < -0.39 is 9.84 Å². The molecule has 0 amide bonds. The molecule has 2 N–H and O–H groups in total. The Balaban J connectivity index is 2.12. The van der Waals surface area contributed by atoms with E-state index in [2.05, 4.69) is 0 Å². The number of nitrogens with two attached hydrogens (primary N) is 1. The fourth-order valence-corrected chi connectivity index (χ4v) is 2.80. The maximum atomic E-state index is 11.6. The average Bonchev–Trinajstić information content (AvgIpc) is 2.22. The van der Waals surface area contributed by atoms with E-state index in [1.807, 2.05) is 0 Å². The summed E-state index contributed by atoms with van der Waals surface area (Å²) in [6, 6.07) is 6.76. The molecule has 0 radical (unpaired) electrons. The zero-order chi connectivity index (χ0) is 12.5. The number of hydrogen-bond acceptors (Lipinski definition) is 4. The molecule has 0 spiro atoms. The highest BCUT2D eigenvalue weighted by molar-refractivity contribution is 7.90. The summed E-state index contributed by atoms with van der Waals surface area (Å²) in [5.74, 6) is 0.973. The van der Waals surface area contributed by atoms with E-state index in [1.165, 1.54) is 6.26 Å². The van der Waals surface area contributed by atoms with Gasteiger partial charge in [-0.05, 0) is 37.4 Å². The van der Waals surface area contributed by atoms with Gasteiger partial charge in [-0.15, -0.1) is 0 Å². The molecule has 0 saturated heterocycles. The number of rotatable bonds is 4. The van der Waals surface area contributed by atoms with Crippen molar-refractivity contribution in [1.29, 1.82) is 0 Å². The van der Waals surface area contributed by atoms with Gasteiger partial charge in [0.05, 0.1) is 6.10 Å². The Kier molecular flexibility index (Phi) is 3.40. The van der Waals surface area contributed by atoms with E-state index in [4.69, 9.17) is 10.5 Å². The molecule has 5 heteroatoms. The molecule has 1 fully saturated rings. The van der Waals surface area contributed by atoms with E-state index in [0.29, 0.717) is 18.2 Å². The van der Waals surface area contributed by atoms with Crippen LogP contribution >= 0.6 is 0 Å². The van der Waals surface area contributed by atoms with E-state index in [-0.39, 0.29) is 11.0 Å². The van der Waals surface area contributed by atoms with Gasteiger partial charge in [0.25, 0.3) is 0 Å². The highest BCUT2D eigenvalue weighted by Gasteiger charge is 2.30. The van der Waals surface area contributed by atoms with Crippen LogP contribution in [-0.2, 0) is 9.84 Å². The molecule has 4 nitrogen and oxygen atoms in total. The largest absolute Gasteiger partial charge is 0.489 e. The fourth-order valence-electron chi connectivity index (χ4n) is 2.00. The van der Waals surface area contributed by atoms with Gasteiger partial charge in [-0.2, -0.15) is 0 Å². The van der Waals surface area contributed by atoms with Crippen molar-refractivity contribution in [1.82, 2.24) is 0 Å². The van der Waals surface area contributed by atoms with Crippen molar-refractivity contribution >= 4 is 9.84 Å². The molecule has 2 rings (SSSR count). The second kappa shape index (κ2) is 4.66. The molecule has 94 valence electrons. The van der Waals surface area contributed by atoms with E-state index in [1.54, 1.807) is 24.3 Å². The molecule has 0 atom stereocenters. The molecule has 0 unspecified atom stereocenters. The Hall–Kier alpha value is -1.07. The minimum Gasteiger partial charge on any atom is -0.489 e. The standard InChI is InChI=1S/C12H17NO3S/c1-17(14,15)12-5-3-2-4-11(12)16-10-6-9(7-10)8-13/h2-5,9-10H,6-8,13H2,1H3. The third-order valence-electron chi connectivity index (χ3n) is 3.07. The van der Waals surface area contributed by atoms with Crippen molar-refractivity contribution in [2.45, 2.75) is 23.8 Å². The Morgan fingerprint density at radius 3 is 2.59 bits per heavy atom. The minimum absolute atomic E-state index is 0.103. The zero-order valence-corrected chi connectivity index (χ0v) is 10.6. The molecule has 0 aliphatic heterocycles. The second-order valence-corrected chi connectivity index (χ2v) is 6.52. The highest BCUT2D eigenvalue weighted by Crippen LogP contribution is 2.33. The SMILES string of the molecule is CS(=O)(=O)c1ccccc1OC1CC(CN)C1. The van der Waals surface area contributed by atoms with Crippen LogP contribution in [0.3, 0.4) is 0 Å². The van der Waals surface area contributed by atoms with Gasteiger partial charge >= 0.3 is 0 Å². The van der Waals surface area contributed by atoms with Crippen molar-refractivity contribution in [3.63, 3.8) is 0 Å². The maximum absolute atomic E-state index is 11.6. The molecule has 1 saturated carbocycles. The lowest BCUT2D eigenvalue weighted by atomic mass is 9.82. The Labute approximate surface area is 102 Å². The van der Waals surface area contributed by atoms with Gasteiger partial charge in [-0.1, -0.05) is 12.1 Å². The van der Waals surface area contributed by atoms with Crippen LogP contribution in [0.2, 0.25) is 0 Å². The van der Waals surface area contributed by atoms with E-state index >= 15 is 0 Å². The normalized spacial score (nSPS) is 24.1. The third kappa shape index (κ3) is 2.79. The smallest absolute Gasteiger partial charge is 0.179 e. The topological polar surface area (TPSA) is 69.4 Å². The van der Waals surface area contributed by atoms with Crippen LogP contribution < -0.4 is 10.5 Å². The van der Waals surface area contributed by atoms with Gasteiger partial charge in [0.15, 0.2) is 9.84 Å². The molecule has 0 aromatic heterocycles. The first-order chi connectivity index (χ1) is 8.00. The molecule has 0 bridgehead atoms. The predicted octanol–water partition coefficient (Wildman–Crippen LogP) is 1.21. The van der Waals surface area contributed by atoms with Crippen LogP contribution in [0.4, 0.5) is 0 Å². The summed E-state index contributed by atoms with van der Waals surface area (Å²) in [7, 11) is -3.23. The molecule has 0 heterocycles. The van der Waals surface area contributed by atoms with Gasteiger partial charge in [0.1, 0.15) is 10.6 Å². The van der Waals surface area contributed by atoms with Crippen molar-refractivity contribution in [3.05, 3.63) is 24.3 Å². The number of hydrogen-bond donors (Lipinski definition) is 1. The second-order valence-electron chi connectivity index (χ2n) is 4.53. The number of sulfone groups is 1. The lowest BCUT2D eigenvalue weighted by Gasteiger charge is -2.34. The Bertz CT molecular complexity index is 492. The van der Waals surface area contributed by atoms with Crippen molar-refractivity contribution in [3.8, 4) is 5.75 Å². The summed E-state index contributed by atoms with van der Waals surface area (Å²) >= 11 is 0. The van der Waals surface area contributed by atoms with Gasteiger partial charge in [0.2, 0.25) is 0 Å². The van der Waals surface area contributed by atoms with Crippen molar-refractivity contribution < 1.29 is 13.2 Å². The Morgan fingerprint density at radius 1 is 1.35 bits per heavy atom. The molecule has 1 aliphatic rings. The molecule has 1 aromatic carbocycles. The summed E-state index contributed by atoms with van der Waals surface area (Å²) in [6.45, 7) is 0.674. The van der Waals surface area contributed by atoms with Gasteiger partial charge in [0, 0.05) is 6.26 Å². The van der Waals surface area contributed by atoms with Crippen LogP contribution in [0.5, 0.6) is 5.75 Å².